The quantitative estimate of drug-likeness (QED) is 0.832. The molecule has 2 aromatic rings. The zero-order chi connectivity index (χ0) is 15.2. The first-order chi connectivity index (χ1) is 10.1. The van der Waals surface area contributed by atoms with Crippen LogP contribution >= 0.6 is 0 Å². The Morgan fingerprint density at radius 2 is 1.90 bits per heavy atom. The average molecular weight is 283 g/mol. The van der Waals surface area contributed by atoms with E-state index >= 15 is 0 Å². The third-order valence-electron chi connectivity index (χ3n) is 2.63. The van der Waals surface area contributed by atoms with Crippen LogP contribution in [0.3, 0.4) is 0 Å². The fraction of sp³-hybridized carbons (Fsp3) is 0.0667. The third-order valence-corrected chi connectivity index (χ3v) is 2.63. The number of hydrogen-bond acceptors (Lipinski definition) is 4. The molecular formula is C15H13N3O3. The summed E-state index contributed by atoms with van der Waals surface area (Å²) in [5.41, 5.74) is 1.24. The maximum absolute atomic E-state index is 12.0. The molecule has 6 heteroatoms. The number of hydrogen-bond donors (Lipinski definition) is 2. The van der Waals surface area contributed by atoms with Gasteiger partial charge in [-0.2, -0.15) is 0 Å². The molecule has 0 aliphatic rings. The summed E-state index contributed by atoms with van der Waals surface area (Å²) in [7, 11) is 0. The molecule has 21 heavy (non-hydrogen) atoms. The Labute approximate surface area is 121 Å². The van der Waals surface area contributed by atoms with Crippen molar-refractivity contribution in [1.82, 2.24) is 15.3 Å². The van der Waals surface area contributed by atoms with Crippen LogP contribution in [0.1, 0.15) is 21.7 Å². The van der Waals surface area contributed by atoms with Gasteiger partial charge >= 0.3 is 5.97 Å². The van der Waals surface area contributed by atoms with Crippen LogP contribution in [-0.4, -0.2) is 27.0 Å². The Bertz CT molecular complexity index is 696. The van der Waals surface area contributed by atoms with E-state index in [9.17, 15) is 14.7 Å². The van der Waals surface area contributed by atoms with E-state index in [4.69, 9.17) is 0 Å². The Hall–Kier alpha value is -3.02. The van der Waals surface area contributed by atoms with Gasteiger partial charge in [-0.05, 0) is 31.2 Å². The van der Waals surface area contributed by atoms with Crippen LogP contribution in [-0.2, 0) is 4.79 Å². The van der Waals surface area contributed by atoms with Gasteiger partial charge < -0.3 is 10.4 Å². The number of nitrogens with one attached hydrogen (secondary N) is 1. The van der Waals surface area contributed by atoms with Gasteiger partial charge in [0.2, 0.25) is 0 Å². The number of aliphatic carboxylic acids is 1. The minimum atomic E-state index is -1.24. The number of amides is 1. The van der Waals surface area contributed by atoms with E-state index in [2.05, 4.69) is 15.3 Å². The van der Waals surface area contributed by atoms with E-state index in [1.165, 1.54) is 12.4 Å². The first kappa shape index (κ1) is 14.4. The maximum Gasteiger partial charge on any atom is 0.352 e. The predicted octanol–water partition coefficient (Wildman–Crippen LogP) is 1.64. The molecule has 0 bridgehead atoms. The number of carboxylic acids is 1. The highest BCUT2D eigenvalue weighted by Crippen LogP contribution is 2.05. The summed E-state index contributed by atoms with van der Waals surface area (Å²) in [5.74, 6) is -1.73. The Kier molecular flexibility index (Phi) is 4.40. The lowest BCUT2D eigenvalue weighted by molar-refractivity contribution is -0.132. The molecule has 0 spiro atoms. The molecule has 0 saturated carbocycles. The molecule has 0 radical (unpaired) electrons. The first-order valence-electron chi connectivity index (χ1n) is 6.16. The standard InChI is InChI=1S/C15H13N3O3/c1-10-7-12(17-9-16-10)8-13(15(20)21)18-14(19)11-5-3-2-4-6-11/h2-9H,1H3,(H,18,19)(H,20,21)/b13-8-. The van der Waals surface area contributed by atoms with Gasteiger partial charge in [0.1, 0.15) is 12.0 Å². The van der Waals surface area contributed by atoms with Crippen molar-refractivity contribution in [2.75, 3.05) is 0 Å². The topological polar surface area (TPSA) is 92.2 Å². The van der Waals surface area contributed by atoms with Crippen LogP contribution < -0.4 is 5.32 Å². The van der Waals surface area contributed by atoms with Gasteiger partial charge in [0.25, 0.3) is 5.91 Å². The second kappa shape index (κ2) is 6.42. The van der Waals surface area contributed by atoms with E-state index in [1.54, 1.807) is 43.3 Å². The predicted molar refractivity (Wildman–Crippen MR) is 76.3 cm³/mol. The van der Waals surface area contributed by atoms with Crippen molar-refractivity contribution in [3.05, 3.63) is 65.4 Å². The van der Waals surface area contributed by atoms with E-state index in [0.29, 0.717) is 17.0 Å². The van der Waals surface area contributed by atoms with E-state index in [1.807, 2.05) is 0 Å². The lowest BCUT2D eigenvalue weighted by Crippen LogP contribution is -2.27. The van der Waals surface area contributed by atoms with Crippen LogP contribution in [0.5, 0.6) is 0 Å². The van der Waals surface area contributed by atoms with Crippen molar-refractivity contribution < 1.29 is 14.7 Å². The number of nitrogens with zero attached hydrogens (tertiary/aromatic N) is 2. The number of aryl methyl sites for hydroxylation is 1. The van der Waals surface area contributed by atoms with Crippen LogP contribution in [0.4, 0.5) is 0 Å². The molecule has 0 fully saturated rings. The molecular weight excluding hydrogens is 270 g/mol. The zero-order valence-electron chi connectivity index (χ0n) is 11.3. The van der Waals surface area contributed by atoms with Gasteiger partial charge in [-0.3, -0.25) is 4.79 Å². The van der Waals surface area contributed by atoms with Gasteiger partial charge in [0.15, 0.2) is 0 Å². The summed E-state index contributed by atoms with van der Waals surface area (Å²) in [4.78, 5) is 31.1. The largest absolute Gasteiger partial charge is 0.477 e. The summed E-state index contributed by atoms with van der Waals surface area (Å²) in [6.07, 6.45) is 2.62. The number of benzene rings is 1. The van der Waals surface area contributed by atoms with Crippen molar-refractivity contribution >= 4 is 18.0 Å². The highest BCUT2D eigenvalue weighted by Gasteiger charge is 2.13. The summed E-state index contributed by atoms with van der Waals surface area (Å²) >= 11 is 0. The summed E-state index contributed by atoms with van der Waals surface area (Å²) in [5, 5.41) is 11.5. The number of carbonyl (C=O) groups excluding carboxylic acids is 1. The van der Waals surface area contributed by atoms with Crippen molar-refractivity contribution in [3.63, 3.8) is 0 Å². The van der Waals surface area contributed by atoms with Crippen LogP contribution in [0.2, 0.25) is 0 Å². The van der Waals surface area contributed by atoms with Crippen LogP contribution in [0, 0.1) is 6.92 Å². The number of carboxylic acid groups (broad SMARTS) is 1. The zero-order valence-corrected chi connectivity index (χ0v) is 11.3. The monoisotopic (exact) mass is 283 g/mol. The van der Waals surface area contributed by atoms with Gasteiger partial charge in [0, 0.05) is 11.3 Å². The highest BCUT2D eigenvalue weighted by atomic mass is 16.4. The second-order valence-electron chi connectivity index (χ2n) is 4.27. The molecule has 2 N–H and O–H groups in total. The molecule has 106 valence electrons. The number of rotatable bonds is 4. The molecule has 1 amide bonds. The fourth-order valence-electron chi connectivity index (χ4n) is 1.64. The summed E-state index contributed by atoms with van der Waals surface area (Å²) in [6.45, 7) is 1.77. The van der Waals surface area contributed by atoms with E-state index < -0.39 is 11.9 Å². The summed E-state index contributed by atoms with van der Waals surface area (Å²) < 4.78 is 0. The lowest BCUT2D eigenvalue weighted by Gasteiger charge is -2.06. The molecule has 1 aromatic heterocycles. The first-order valence-corrected chi connectivity index (χ1v) is 6.16. The van der Waals surface area contributed by atoms with Crippen LogP contribution in [0.25, 0.3) is 6.08 Å². The molecule has 6 nitrogen and oxygen atoms in total. The smallest absolute Gasteiger partial charge is 0.352 e. The molecule has 0 saturated heterocycles. The van der Waals surface area contributed by atoms with Crippen molar-refractivity contribution in [3.8, 4) is 0 Å². The Morgan fingerprint density at radius 3 is 2.52 bits per heavy atom. The molecule has 0 unspecified atom stereocenters. The minimum absolute atomic E-state index is 0.248. The van der Waals surface area contributed by atoms with Gasteiger partial charge in [-0.1, -0.05) is 18.2 Å². The third kappa shape index (κ3) is 3.97. The molecule has 2 rings (SSSR count). The molecule has 0 atom stereocenters. The normalized spacial score (nSPS) is 11.0. The molecule has 0 aliphatic heterocycles. The van der Waals surface area contributed by atoms with Gasteiger partial charge in [0.05, 0.1) is 5.69 Å². The minimum Gasteiger partial charge on any atom is -0.477 e. The molecule has 1 aromatic carbocycles. The summed E-state index contributed by atoms with van der Waals surface area (Å²) in [6, 6.07) is 10.00. The van der Waals surface area contributed by atoms with Crippen molar-refractivity contribution in [2.45, 2.75) is 6.92 Å². The van der Waals surface area contributed by atoms with Crippen molar-refractivity contribution in [1.29, 1.82) is 0 Å². The molecule has 0 aliphatic carbocycles. The van der Waals surface area contributed by atoms with Gasteiger partial charge in [-0.25, -0.2) is 14.8 Å². The SMILES string of the molecule is Cc1cc(/C=C(\NC(=O)c2ccccc2)C(=O)O)ncn1. The second-order valence-corrected chi connectivity index (χ2v) is 4.27. The Morgan fingerprint density at radius 1 is 1.19 bits per heavy atom. The average Bonchev–Trinajstić information content (AvgIpc) is 2.47. The molecule has 1 heterocycles. The van der Waals surface area contributed by atoms with Crippen molar-refractivity contribution in [2.24, 2.45) is 0 Å². The lowest BCUT2D eigenvalue weighted by atomic mass is 10.2. The highest BCUT2D eigenvalue weighted by molar-refractivity contribution is 6.02. The number of carbonyl (C=O) groups is 2. The fourth-order valence-corrected chi connectivity index (χ4v) is 1.64. The van der Waals surface area contributed by atoms with E-state index in [0.717, 1.165) is 0 Å². The Balaban J connectivity index is 2.24. The van der Waals surface area contributed by atoms with Crippen LogP contribution in [0.15, 0.2) is 48.4 Å². The number of aromatic nitrogens is 2. The van der Waals surface area contributed by atoms with E-state index in [-0.39, 0.29) is 5.70 Å². The maximum atomic E-state index is 12.0. The van der Waals surface area contributed by atoms with Gasteiger partial charge in [-0.15, -0.1) is 0 Å².